The van der Waals surface area contributed by atoms with Gasteiger partial charge in [0.05, 0.1) is 19.3 Å². The molecule has 0 amide bonds. The van der Waals surface area contributed by atoms with Crippen LogP contribution in [0, 0.1) is 0 Å². The molecule has 1 unspecified atom stereocenters. The minimum Gasteiger partial charge on any atom is -0.462 e. The molecule has 3 atom stereocenters. The monoisotopic (exact) mass is 780 g/mol. The Bertz CT molecular complexity index is 1130. The number of carbonyl (C=O) groups is 2. The van der Waals surface area contributed by atoms with E-state index in [9.17, 15) is 24.2 Å². The molecule has 0 fully saturated rings. The zero-order chi connectivity index (χ0) is 39.8. The number of nitrogens with two attached hydrogens (primary N) is 1. The summed E-state index contributed by atoms with van der Waals surface area (Å²) in [5.74, 6) is -0.944. The average molecular weight is 780 g/mol. The summed E-state index contributed by atoms with van der Waals surface area (Å²) in [6, 6.07) is 0. The summed E-state index contributed by atoms with van der Waals surface area (Å²) in [5, 5.41) is 9.88. The number of allylic oxidation sites excluding steroid dienone is 11. The Morgan fingerprint density at radius 2 is 1.20 bits per heavy atom. The van der Waals surface area contributed by atoms with Crippen molar-refractivity contribution in [3.8, 4) is 0 Å². The van der Waals surface area contributed by atoms with Crippen molar-refractivity contribution in [3.05, 3.63) is 72.9 Å². The number of ether oxygens (including phenoxy) is 2. The third-order valence-electron chi connectivity index (χ3n) is 8.17. The zero-order valence-corrected chi connectivity index (χ0v) is 34.4. The van der Waals surface area contributed by atoms with E-state index in [1.165, 1.54) is 19.3 Å². The van der Waals surface area contributed by atoms with Gasteiger partial charge >= 0.3 is 19.8 Å². The van der Waals surface area contributed by atoms with Crippen molar-refractivity contribution in [1.29, 1.82) is 0 Å². The highest BCUT2D eigenvalue weighted by Gasteiger charge is 2.25. The fourth-order valence-corrected chi connectivity index (χ4v) is 5.82. The Morgan fingerprint density at radius 1 is 0.648 bits per heavy atom. The number of rotatable bonds is 37. The van der Waals surface area contributed by atoms with Gasteiger partial charge < -0.3 is 25.2 Å². The number of esters is 2. The molecule has 0 aliphatic heterocycles. The second-order valence-corrected chi connectivity index (χ2v) is 14.8. The van der Waals surface area contributed by atoms with Gasteiger partial charge in [-0.2, -0.15) is 0 Å². The molecule has 0 aromatic rings. The van der Waals surface area contributed by atoms with E-state index in [4.69, 9.17) is 24.3 Å². The number of aliphatic hydroxyl groups excluding tert-OH is 1. The number of unbranched alkanes of at least 4 members (excludes halogenated alkanes) is 11. The van der Waals surface area contributed by atoms with Crippen LogP contribution in [0.3, 0.4) is 0 Å². The van der Waals surface area contributed by atoms with Crippen molar-refractivity contribution in [3.63, 3.8) is 0 Å². The van der Waals surface area contributed by atoms with E-state index >= 15 is 0 Å². The van der Waals surface area contributed by atoms with Gasteiger partial charge in [0.25, 0.3) is 0 Å². The van der Waals surface area contributed by atoms with Gasteiger partial charge in [0, 0.05) is 19.4 Å². The largest absolute Gasteiger partial charge is 0.472 e. The lowest BCUT2D eigenvalue weighted by molar-refractivity contribution is -0.161. The lowest BCUT2D eigenvalue weighted by Gasteiger charge is -2.19. The molecule has 10 nitrogen and oxygen atoms in total. The molecule has 11 heteroatoms. The molecule has 0 rings (SSSR count). The van der Waals surface area contributed by atoms with E-state index in [0.717, 1.165) is 83.5 Å². The zero-order valence-electron chi connectivity index (χ0n) is 33.5. The van der Waals surface area contributed by atoms with Crippen LogP contribution < -0.4 is 5.73 Å². The quantitative estimate of drug-likeness (QED) is 0.0182. The summed E-state index contributed by atoms with van der Waals surface area (Å²) in [4.78, 5) is 34.8. The minimum absolute atomic E-state index is 0.0332. The first-order valence-corrected chi connectivity index (χ1v) is 22.0. The van der Waals surface area contributed by atoms with Crippen LogP contribution in [0.2, 0.25) is 0 Å². The summed E-state index contributed by atoms with van der Waals surface area (Å²) in [6.07, 6.45) is 42.6. The van der Waals surface area contributed by atoms with Crippen molar-refractivity contribution in [2.75, 3.05) is 26.4 Å². The van der Waals surface area contributed by atoms with Crippen molar-refractivity contribution in [2.45, 2.75) is 161 Å². The maximum absolute atomic E-state index is 12.5. The van der Waals surface area contributed by atoms with E-state index < -0.39 is 32.5 Å². The molecule has 0 bridgehead atoms. The normalized spacial score (nSPS) is 14.7. The number of phosphoric ester groups is 1. The highest BCUT2D eigenvalue weighted by molar-refractivity contribution is 7.47. The molecular formula is C43H74NO9P. The first-order valence-electron chi connectivity index (χ1n) is 20.5. The van der Waals surface area contributed by atoms with Crippen molar-refractivity contribution in [2.24, 2.45) is 5.73 Å². The topological polar surface area (TPSA) is 155 Å². The Morgan fingerprint density at radius 3 is 1.87 bits per heavy atom. The van der Waals surface area contributed by atoms with Gasteiger partial charge in [-0.05, 0) is 70.6 Å². The van der Waals surface area contributed by atoms with Gasteiger partial charge in [0.15, 0.2) is 6.10 Å². The van der Waals surface area contributed by atoms with Gasteiger partial charge in [-0.25, -0.2) is 4.57 Å². The summed E-state index contributed by atoms with van der Waals surface area (Å²) < 4.78 is 32.6. The third-order valence-corrected chi connectivity index (χ3v) is 9.15. The van der Waals surface area contributed by atoms with Gasteiger partial charge in [-0.1, -0.05) is 138 Å². The molecule has 0 aliphatic carbocycles. The summed E-state index contributed by atoms with van der Waals surface area (Å²) >= 11 is 0. The van der Waals surface area contributed by atoms with E-state index in [-0.39, 0.29) is 38.7 Å². The Labute approximate surface area is 327 Å². The van der Waals surface area contributed by atoms with Gasteiger partial charge in [-0.3, -0.25) is 18.6 Å². The summed E-state index contributed by atoms with van der Waals surface area (Å²) in [6.45, 7) is 3.46. The van der Waals surface area contributed by atoms with E-state index in [1.54, 1.807) is 0 Å². The second kappa shape index (κ2) is 38.7. The molecule has 0 saturated carbocycles. The Hall–Kier alpha value is -2.59. The number of hydrogen-bond donors (Lipinski definition) is 3. The Balaban J connectivity index is 4.37. The lowest BCUT2D eigenvalue weighted by atomic mass is 10.1. The first-order chi connectivity index (χ1) is 26.2. The molecule has 54 heavy (non-hydrogen) atoms. The molecular weight excluding hydrogens is 705 g/mol. The predicted molar refractivity (Wildman–Crippen MR) is 221 cm³/mol. The van der Waals surface area contributed by atoms with E-state index in [2.05, 4.69) is 50.3 Å². The third kappa shape index (κ3) is 37.7. The van der Waals surface area contributed by atoms with Gasteiger partial charge in [0.2, 0.25) is 0 Å². The van der Waals surface area contributed by atoms with Crippen LogP contribution in [0.15, 0.2) is 72.9 Å². The Kier molecular flexibility index (Phi) is 36.8. The fourth-order valence-electron chi connectivity index (χ4n) is 5.06. The molecule has 0 saturated heterocycles. The SMILES string of the molecule is CCCCC/C=C\C/C=C\CCCCCCCC(=O)O[C@H](COC(=O)CCC/C=C\C/C=C\C/C=C\C=C\[C@H](O)CCCCC)COP(=O)(O)OCCN. The molecule has 4 N–H and O–H groups in total. The molecule has 0 aromatic carbocycles. The van der Waals surface area contributed by atoms with Crippen molar-refractivity contribution in [1.82, 2.24) is 0 Å². The highest BCUT2D eigenvalue weighted by Crippen LogP contribution is 2.43. The van der Waals surface area contributed by atoms with Crippen LogP contribution in [0.4, 0.5) is 0 Å². The molecule has 0 spiro atoms. The van der Waals surface area contributed by atoms with E-state index in [1.807, 2.05) is 36.5 Å². The van der Waals surface area contributed by atoms with Crippen molar-refractivity contribution < 1.29 is 42.7 Å². The lowest BCUT2D eigenvalue weighted by Crippen LogP contribution is -2.29. The van der Waals surface area contributed by atoms with Gasteiger partial charge in [-0.15, -0.1) is 0 Å². The van der Waals surface area contributed by atoms with Crippen LogP contribution in [0.5, 0.6) is 0 Å². The smallest absolute Gasteiger partial charge is 0.462 e. The van der Waals surface area contributed by atoms with Gasteiger partial charge in [0.1, 0.15) is 6.61 Å². The summed E-state index contributed by atoms with van der Waals surface area (Å²) in [5.41, 5.74) is 5.33. The van der Waals surface area contributed by atoms with Crippen LogP contribution in [0.1, 0.15) is 149 Å². The maximum atomic E-state index is 12.5. The number of hydrogen-bond acceptors (Lipinski definition) is 9. The average Bonchev–Trinajstić information content (AvgIpc) is 3.15. The molecule has 0 aliphatic rings. The predicted octanol–water partition coefficient (Wildman–Crippen LogP) is 10.5. The fraction of sp³-hybridized carbons (Fsp3) is 0.674. The van der Waals surface area contributed by atoms with Crippen LogP contribution in [0.25, 0.3) is 0 Å². The second-order valence-electron chi connectivity index (χ2n) is 13.3. The molecule has 0 aromatic heterocycles. The standard InChI is InChI=1S/C43H74NO9P/c1-3-5-7-8-9-10-11-12-13-14-17-21-24-27-31-35-43(47)53-41(39-52-54(48,49)51-37-36-44)38-50-42(46)34-30-26-23-20-18-15-16-19-22-25-29-33-40(45)32-28-6-4-2/h9-10,12-13,15-16,20,22-23,25,29,33,40-41,45H,3-8,11,14,17-19,21,24,26-28,30-32,34-39,44H2,1-2H3,(H,48,49)/b10-9-,13-12-,16-15-,23-20-,25-22-,33-29+/t40-,41-/m1/s1. The van der Waals surface area contributed by atoms with E-state index in [0.29, 0.717) is 19.3 Å². The number of aliphatic hydroxyl groups is 1. The van der Waals surface area contributed by atoms with Crippen LogP contribution in [-0.2, 0) is 32.7 Å². The summed E-state index contributed by atoms with van der Waals surface area (Å²) in [7, 11) is -4.40. The molecule has 0 heterocycles. The number of phosphoric acid groups is 1. The van der Waals surface area contributed by atoms with Crippen molar-refractivity contribution >= 4 is 19.8 Å². The molecule has 310 valence electrons. The highest BCUT2D eigenvalue weighted by atomic mass is 31.2. The first kappa shape index (κ1) is 51.4. The minimum atomic E-state index is -4.40. The molecule has 0 radical (unpaired) electrons. The maximum Gasteiger partial charge on any atom is 0.472 e. The van der Waals surface area contributed by atoms with Crippen LogP contribution >= 0.6 is 7.82 Å². The van der Waals surface area contributed by atoms with Crippen LogP contribution in [-0.4, -0.2) is 60.5 Å². The number of carbonyl (C=O) groups excluding carboxylic acids is 2.